The minimum Gasteiger partial charge on any atom is -0.495 e. The molecule has 0 radical (unpaired) electrons. The standard InChI is InChI=1S/C21H25ClN2O3/c1-14(25)24(18-12-15(22)10-11-19(18)27-5)13-20(26)23-17-9-7-6-8-16(17)21(2,3)4/h6-12H,13H2,1-5H3,(H,23,26). The first-order valence-electron chi connectivity index (χ1n) is 8.64. The average Bonchev–Trinajstić information content (AvgIpc) is 2.59. The highest BCUT2D eigenvalue weighted by Crippen LogP contribution is 2.32. The Morgan fingerprint density at radius 1 is 1.15 bits per heavy atom. The zero-order valence-corrected chi connectivity index (χ0v) is 17.1. The predicted molar refractivity (Wildman–Crippen MR) is 110 cm³/mol. The van der Waals surface area contributed by atoms with Crippen LogP contribution in [-0.4, -0.2) is 25.5 Å². The fourth-order valence-electron chi connectivity index (χ4n) is 2.82. The number of carbonyl (C=O) groups is 2. The smallest absolute Gasteiger partial charge is 0.244 e. The summed E-state index contributed by atoms with van der Waals surface area (Å²) >= 11 is 6.07. The van der Waals surface area contributed by atoms with Crippen molar-refractivity contribution in [1.82, 2.24) is 0 Å². The van der Waals surface area contributed by atoms with E-state index < -0.39 is 0 Å². The van der Waals surface area contributed by atoms with Crippen molar-refractivity contribution < 1.29 is 14.3 Å². The van der Waals surface area contributed by atoms with Crippen LogP contribution in [0.25, 0.3) is 0 Å². The number of para-hydroxylation sites is 1. The Hall–Kier alpha value is -2.53. The molecule has 0 aliphatic carbocycles. The number of carbonyl (C=O) groups excluding carboxylic acids is 2. The molecule has 144 valence electrons. The van der Waals surface area contributed by atoms with Gasteiger partial charge in [0.05, 0.1) is 12.8 Å². The highest BCUT2D eigenvalue weighted by Gasteiger charge is 2.22. The van der Waals surface area contributed by atoms with Crippen molar-refractivity contribution in [2.45, 2.75) is 33.1 Å². The first-order valence-corrected chi connectivity index (χ1v) is 9.02. The summed E-state index contributed by atoms with van der Waals surface area (Å²) in [4.78, 5) is 26.2. The SMILES string of the molecule is COc1ccc(Cl)cc1N(CC(=O)Nc1ccccc1C(C)(C)C)C(C)=O. The average molecular weight is 389 g/mol. The molecule has 0 saturated heterocycles. The minimum absolute atomic E-state index is 0.125. The lowest BCUT2D eigenvalue weighted by Gasteiger charge is -2.25. The Bertz CT molecular complexity index is 844. The summed E-state index contributed by atoms with van der Waals surface area (Å²) in [5.74, 6) is -0.115. The van der Waals surface area contributed by atoms with Crippen LogP contribution in [0, 0.1) is 0 Å². The number of hydrogen-bond acceptors (Lipinski definition) is 3. The normalized spacial score (nSPS) is 11.0. The van der Waals surface area contributed by atoms with Crippen molar-refractivity contribution in [3.63, 3.8) is 0 Å². The fraction of sp³-hybridized carbons (Fsp3) is 0.333. The monoisotopic (exact) mass is 388 g/mol. The molecule has 0 fully saturated rings. The summed E-state index contributed by atoms with van der Waals surface area (Å²) in [5, 5.41) is 3.37. The Morgan fingerprint density at radius 3 is 2.41 bits per heavy atom. The molecule has 0 saturated carbocycles. The van der Waals surface area contributed by atoms with Crippen LogP contribution in [0.1, 0.15) is 33.3 Å². The van der Waals surface area contributed by atoms with Gasteiger partial charge in [0.15, 0.2) is 0 Å². The van der Waals surface area contributed by atoms with Crippen LogP contribution in [0.3, 0.4) is 0 Å². The lowest BCUT2D eigenvalue weighted by Crippen LogP contribution is -2.37. The van der Waals surface area contributed by atoms with Gasteiger partial charge < -0.3 is 10.1 Å². The van der Waals surface area contributed by atoms with Crippen molar-refractivity contribution in [2.75, 3.05) is 23.9 Å². The third-order valence-electron chi connectivity index (χ3n) is 4.12. The number of nitrogens with zero attached hydrogens (tertiary/aromatic N) is 1. The highest BCUT2D eigenvalue weighted by atomic mass is 35.5. The van der Waals surface area contributed by atoms with Crippen LogP contribution in [0.5, 0.6) is 5.75 Å². The van der Waals surface area contributed by atoms with E-state index in [1.165, 1.54) is 18.9 Å². The molecule has 5 nitrogen and oxygen atoms in total. The van der Waals surface area contributed by atoms with Gasteiger partial charge >= 0.3 is 0 Å². The maximum absolute atomic E-state index is 12.7. The molecule has 0 unspecified atom stereocenters. The second kappa shape index (κ2) is 8.44. The number of halogens is 1. The van der Waals surface area contributed by atoms with Gasteiger partial charge in [-0.1, -0.05) is 50.6 Å². The zero-order chi connectivity index (χ0) is 20.2. The van der Waals surface area contributed by atoms with E-state index in [2.05, 4.69) is 26.1 Å². The van der Waals surface area contributed by atoms with Crippen molar-refractivity contribution in [1.29, 1.82) is 0 Å². The number of ether oxygens (including phenoxy) is 1. The van der Waals surface area contributed by atoms with Crippen LogP contribution >= 0.6 is 11.6 Å². The summed E-state index contributed by atoms with van der Waals surface area (Å²) in [6.07, 6.45) is 0. The maximum atomic E-state index is 12.7. The van der Waals surface area contributed by atoms with Crippen LogP contribution in [-0.2, 0) is 15.0 Å². The molecule has 0 spiro atoms. The van der Waals surface area contributed by atoms with Gasteiger partial charge in [-0.15, -0.1) is 0 Å². The number of nitrogens with one attached hydrogen (secondary N) is 1. The topological polar surface area (TPSA) is 58.6 Å². The first kappa shape index (κ1) is 20.8. The van der Waals surface area contributed by atoms with Crippen molar-refractivity contribution in [2.24, 2.45) is 0 Å². The Balaban J connectivity index is 2.28. The second-order valence-corrected chi connectivity index (χ2v) is 7.70. The first-order chi connectivity index (χ1) is 12.6. The fourth-order valence-corrected chi connectivity index (χ4v) is 2.99. The van der Waals surface area contributed by atoms with Crippen molar-refractivity contribution >= 4 is 34.8 Å². The lowest BCUT2D eigenvalue weighted by molar-refractivity contribution is -0.120. The van der Waals surface area contributed by atoms with E-state index in [0.29, 0.717) is 16.5 Å². The Labute approximate surface area is 165 Å². The quantitative estimate of drug-likeness (QED) is 0.811. The van der Waals surface area contributed by atoms with Gasteiger partial charge in [0.25, 0.3) is 0 Å². The van der Waals surface area contributed by atoms with Gasteiger partial charge in [0.2, 0.25) is 11.8 Å². The molecule has 0 bridgehead atoms. The van der Waals surface area contributed by atoms with Gasteiger partial charge in [0.1, 0.15) is 12.3 Å². The van der Waals surface area contributed by atoms with Crippen LogP contribution in [0.15, 0.2) is 42.5 Å². The second-order valence-electron chi connectivity index (χ2n) is 7.27. The number of hydrogen-bond donors (Lipinski definition) is 1. The number of benzene rings is 2. The summed E-state index contributed by atoms with van der Waals surface area (Å²) < 4.78 is 5.31. The Kier molecular flexibility index (Phi) is 6.50. The van der Waals surface area contributed by atoms with Gasteiger partial charge in [-0.25, -0.2) is 0 Å². The van der Waals surface area contributed by atoms with Gasteiger partial charge in [0, 0.05) is 17.6 Å². The van der Waals surface area contributed by atoms with E-state index in [4.69, 9.17) is 16.3 Å². The molecule has 0 aliphatic heterocycles. The molecule has 0 aliphatic rings. The minimum atomic E-state index is -0.302. The molecule has 2 rings (SSSR count). The zero-order valence-electron chi connectivity index (χ0n) is 16.3. The largest absolute Gasteiger partial charge is 0.495 e. The summed E-state index contributed by atoms with van der Waals surface area (Å²) in [7, 11) is 1.50. The maximum Gasteiger partial charge on any atom is 0.244 e. The molecule has 0 atom stereocenters. The molecule has 0 heterocycles. The van der Waals surface area contributed by atoms with Crippen LogP contribution in [0.4, 0.5) is 11.4 Å². The number of rotatable bonds is 5. The summed E-state index contributed by atoms with van der Waals surface area (Å²) in [6.45, 7) is 7.49. The van der Waals surface area contributed by atoms with Crippen molar-refractivity contribution in [3.05, 3.63) is 53.1 Å². The molecule has 2 aromatic rings. The van der Waals surface area contributed by atoms with Crippen LogP contribution < -0.4 is 15.0 Å². The number of anilines is 2. The number of amides is 2. The molecule has 2 amide bonds. The third kappa shape index (κ3) is 5.23. The van der Waals surface area contributed by atoms with E-state index in [1.54, 1.807) is 18.2 Å². The van der Waals surface area contributed by atoms with E-state index in [0.717, 1.165) is 11.3 Å². The third-order valence-corrected chi connectivity index (χ3v) is 4.36. The van der Waals surface area contributed by atoms with E-state index >= 15 is 0 Å². The summed E-state index contributed by atoms with van der Waals surface area (Å²) in [6, 6.07) is 12.6. The van der Waals surface area contributed by atoms with Gasteiger partial charge in [-0.3, -0.25) is 14.5 Å². The molecular weight excluding hydrogens is 364 g/mol. The van der Waals surface area contributed by atoms with E-state index in [9.17, 15) is 9.59 Å². The molecule has 2 aromatic carbocycles. The molecule has 1 N–H and O–H groups in total. The highest BCUT2D eigenvalue weighted by molar-refractivity contribution is 6.31. The predicted octanol–water partition coefficient (Wildman–Crippen LogP) is 4.64. The van der Waals surface area contributed by atoms with Gasteiger partial charge in [-0.2, -0.15) is 0 Å². The molecule has 27 heavy (non-hydrogen) atoms. The van der Waals surface area contributed by atoms with E-state index in [1.807, 2.05) is 24.3 Å². The van der Waals surface area contributed by atoms with Crippen molar-refractivity contribution in [3.8, 4) is 5.75 Å². The number of methoxy groups -OCH3 is 1. The van der Waals surface area contributed by atoms with Crippen LogP contribution in [0.2, 0.25) is 5.02 Å². The molecule has 0 aromatic heterocycles. The van der Waals surface area contributed by atoms with E-state index in [-0.39, 0.29) is 23.8 Å². The Morgan fingerprint density at radius 2 is 1.81 bits per heavy atom. The molecular formula is C21H25ClN2O3. The lowest BCUT2D eigenvalue weighted by atomic mass is 9.86. The molecule has 6 heteroatoms. The van der Waals surface area contributed by atoms with Gasteiger partial charge in [-0.05, 0) is 35.2 Å². The summed E-state index contributed by atoms with van der Waals surface area (Å²) in [5.41, 5.74) is 2.08.